The van der Waals surface area contributed by atoms with E-state index in [1.54, 1.807) is 0 Å². The van der Waals surface area contributed by atoms with Gasteiger partial charge in [0.15, 0.2) is 0 Å². The average molecular weight is 969 g/mol. The van der Waals surface area contributed by atoms with Crippen LogP contribution < -0.4 is 10.6 Å². The molecule has 0 fully saturated rings. The fourth-order valence-electron chi connectivity index (χ4n) is 6.33. The molecule has 2 aromatic rings. The van der Waals surface area contributed by atoms with Crippen LogP contribution in [0.5, 0.6) is 0 Å². The molecule has 20 heteroatoms. The van der Waals surface area contributed by atoms with Gasteiger partial charge in [-0.3, -0.25) is 9.59 Å². The average Bonchev–Trinajstić information content (AvgIpc) is 3.67. The Morgan fingerprint density at radius 1 is 0.397 bits per heavy atom. The first-order chi connectivity index (χ1) is 33.6. The molecule has 0 aromatic heterocycles. The zero-order chi connectivity index (χ0) is 48.2. The largest absolute Gasteiger partial charge is 0.481 e. The van der Waals surface area contributed by atoms with E-state index in [1.807, 2.05) is 24.3 Å². The number of aliphatic carboxylic acids is 1. The molecule has 0 spiro atoms. The number of hydrogen-bond acceptors (Lipinski definition) is 17. The molecule has 68 heavy (non-hydrogen) atoms. The summed E-state index contributed by atoms with van der Waals surface area (Å²) < 4.78 is 77.0. The third-order valence-electron chi connectivity index (χ3n) is 9.68. The van der Waals surface area contributed by atoms with Crippen molar-refractivity contribution in [3.8, 4) is 11.1 Å². The predicted octanol–water partition coefficient (Wildman–Crippen LogP) is 3.11. The van der Waals surface area contributed by atoms with Crippen LogP contribution in [-0.2, 0) is 75.9 Å². The zero-order valence-electron chi connectivity index (χ0n) is 39.7. The first-order valence-corrected chi connectivity index (χ1v) is 23.6. The smallest absolute Gasteiger partial charge is 0.407 e. The normalized spacial score (nSPS) is 12.0. The van der Waals surface area contributed by atoms with Crippen molar-refractivity contribution >= 4 is 18.0 Å². The lowest BCUT2D eigenvalue weighted by Gasteiger charge is -2.14. The summed E-state index contributed by atoms with van der Waals surface area (Å²) in [5.41, 5.74) is 4.75. The zero-order valence-corrected chi connectivity index (χ0v) is 39.7. The van der Waals surface area contributed by atoms with Gasteiger partial charge in [-0.15, -0.1) is 0 Å². The van der Waals surface area contributed by atoms with Crippen LogP contribution in [0.2, 0.25) is 0 Å². The Bertz CT molecular complexity index is 1510. The van der Waals surface area contributed by atoms with Crippen LogP contribution in [0, 0.1) is 0 Å². The molecule has 0 atom stereocenters. The van der Waals surface area contributed by atoms with E-state index < -0.39 is 12.1 Å². The lowest BCUT2D eigenvalue weighted by molar-refractivity contribution is -0.138. The molecule has 20 nitrogen and oxygen atoms in total. The van der Waals surface area contributed by atoms with Crippen molar-refractivity contribution in [1.82, 2.24) is 10.6 Å². The number of carbonyl (C=O) groups excluding carboxylic acids is 2. The number of fused-ring (bicyclic) bond motifs is 3. The molecule has 0 saturated heterocycles. The fraction of sp³-hybridized carbons (Fsp3) is 0.688. The number of rotatable bonds is 48. The summed E-state index contributed by atoms with van der Waals surface area (Å²) in [4.78, 5) is 34.1. The second-order valence-corrected chi connectivity index (χ2v) is 14.8. The third-order valence-corrected chi connectivity index (χ3v) is 9.68. The Morgan fingerprint density at radius 3 is 1.07 bits per heavy atom. The molecule has 0 heterocycles. The Morgan fingerprint density at radius 2 is 0.721 bits per heavy atom. The number of hydrogen-bond donors (Lipinski definition) is 3. The number of benzene rings is 2. The third kappa shape index (κ3) is 30.6. The number of nitrogens with one attached hydrogen (secondary N) is 2. The highest BCUT2D eigenvalue weighted by molar-refractivity contribution is 5.80. The van der Waals surface area contributed by atoms with E-state index in [9.17, 15) is 14.4 Å². The van der Waals surface area contributed by atoms with Crippen LogP contribution in [0.25, 0.3) is 11.1 Å². The maximum absolute atomic E-state index is 12.3. The van der Waals surface area contributed by atoms with Gasteiger partial charge >= 0.3 is 12.1 Å². The molecule has 0 radical (unpaired) electrons. The molecule has 386 valence electrons. The van der Waals surface area contributed by atoms with Crippen molar-refractivity contribution in [2.45, 2.75) is 25.2 Å². The molecule has 3 N–H and O–H groups in total. The number of carboxylic acid groups (broad SMARTS) is 1. The molecule has 0 unspecified atom stereocenters. The van der Waals surface area contributed by atoms with Gasteiger partial charge in [-0.05, 0) is 28.7 Å². The van der Waals surface area contributed by atoms with E-state index in [0.29, 0.717) is 191 Å². The molecule has 2 amide bonds. The minimum Gasteiger partial charge on any atom is -0.481 e. The molecule has 1 aliphatic rings. The van der Waals surface area contributed by atoms with Crippen molar-refractivity contribution in [3.63, 3.8) is 0 Å². The minimum absolute atomic E-state index is 0.0163. The molecule has 3 rings (SSSR count). The van der Waals surface area contributed by atoms with Gasteiger partial charge in [0, 0.05) is 32.0 Å². The maximum Gasteiger partial charge on any atom is 0.407 e. The Balaban J connectivity index is 0.898. The van der Waals surface area contributed by atoms with E-state index in [4.69, 9.17) is 71.4 Å². The second-order valence-electron chi connectivity index (χ2n) is 14.8. The van der Waals surface area contributed by atoms with Crippen LogP contribution in [0.1, 0.15) is 36.3 Å². The standard InChI is InChI=1S/C48H76N2O18/c51-46(10-11-47(52)53)49-12-5-14-55-16-18-57-20-22-59-24-26-61-28-30-63-32-34-65-36-38-67-39-37-66-35-33-64-31-29-62-27-25-60-23-21-58-19-17-56-15-13-50-48(54)68-40-45-43-8-3-1-6-41(43)42-7-2-4-9-44(42)45/h1-4,6-9,45H,5,10-40H2,(H,49,51)(H,50,54)(H,52,53). The van der Waals surface area contributed by atoms with E-state index in [0.717, 1.165) is 0 Å². The highest BCUT2D eigenvalue weighted by atomic mass is 16.6. The van der Waals surface area contributed by atoms with Gasteiger partial charge < -0.3 is 82.1 Å². The first-order valence-electron chi connectivity index (χ1n) is 23.6. The van der Waals surface area contributed by atoms with Gasteiger partial charge in [0.05, 0.1) is 172 Å². The van der Waals surface area contributed by atoms with E-state index >= 15 is 0 Å². The van der Waals surface area contributed by atoms with Crippen LogP contribution in [0.15, 0.2) is 48.5 Å². The van der Waals surface area contributed by atoms with Crippen molar-refractivity contribution < 1.29 is 85.8 Å². The summed E-state index contributed by atoms with van der Waals surface area (Å²) in [6.07, 6.45) is -0.00173. The Kier molecular flexibility index (Phi) is 36.1. The summed E-state index contributed by atoms with van der Waals surface area (Å²) in [5.74, 6) is -1.23. The first kappa shape index (κ1) is 58.4. The molecule has 0 aliphatic heterocycles. The van der Waals surface area contributed by atoms with Crippen molar-refractivity contribution in [1.29, 1.82) is 0 Å². The number of carboxylic acids is 1. The Hall–Kier alpha value is -3.87. The fourth-order valence-corrected chi connectivity index (χ4v) is 6.33. The summed E-state index contributed by atoms with van der Waals surface area (Å²) in [7, 11) is 0. The van der Waals surface area contributed by atoms with Crippen LogP contribution >= 0.6 is 0 Å². The van der Waals surface area contributed by atoms with Crippen LogP contribution in [0.4, 0.5) is 4.79 Å². The highest BCUT2D eigenvalue weighted by Crippen LogP contribution is 2.44. The van der Waals surface area contributed by atoms with E-state index in [-0.39, 0.29) is 31.3 Å². The molecule has 1 aliphatic carbocycles. The lowest BCUT2D eigenvalue weighted by Crippen LogP contribution is -2.29. The highest BCUT2D eigenvalue weighted by Gasteiger charge is 2.29. The van der Waals surface area contributed by atoms with Gasteiger partial charge in [-0.1, -0.05) is 48.5 Å². The predicted molar refractivity (Wildman–Crippen MR) is 248 cm³/mol. The quantitative estimate of drug-likeness (QED) is 0.0811. The van der Waals surface area contributed by atoms with Crippen molar-refractivity contribution in [2.24, 2.45) is 0 Å². The van der Waals surface area contributed by atoms with Gasteiger partial charge in [0.25, 0.3) is 0 Å². The van der Waals surface area contributed by atoms with Crippen molar-refractivity contribution in [3.05, 3.63) is 59.7 Å². The number of carbonyl (C=O) groups is 3. The molecule has 0 saturated carbocycles. The molecule has 2 aromatic carbocycles. The molecule has 0 bridgehead atoms. The van der Waals surface area contributed by atoms with Gasteiger partial charge in [0.2, 0.25) is 5.91 Å². The van der Waals surface area contributed by atoms with Crippen LogP contribution in [0.3, 0.4) is 0 Å². The number of amides is 2. The number of ether oxygens (including phenoxy) is 14. The van der Waals surface area contributed by atoms with Gasteiger partial charge in [-0.25, -0.2) is 4.79 Å². The van der Waals surface area contributed by atoms with Gasteiger partial charge in [0.1, 0.15) is 6.61 Å². The maximum atomic E-state index is 12.3. The SMILES string of the molecule is O=C(O)CCC(=O)NCCCOCCOCCOCCOCCOCCOCCOCCOCCOCCOCCOCCOCCOCCNC(=O)OCC1c2ccccc2-c2ccccc21. The van der Waals surface area contributed by atoms with Crippen LogP contribution in [-0.4, -0.2) is 215 Å². The summed E-state index contributed by atoms with van der Waals surface area (Å²) in [6.45, 7) is 13.0. The van der Waals surface area contributed by atoms with Crippen molar-refractivity contribution in [2.75, 3.05) is 191 Å². The topological polar surface area (TPSA) is 225 Å². The second kappa shape index (κ2) is 42.0. The Labute approximate surface area is 401 Å². The van der Waals surface area contributed by atoms with E-state index in [1.165, 1.54) is 22.3 Å². The summed E-state index contributed by atoms with van der Waals surface area (Å²) >= 11 is 0. The summed E-state index contributed by atoms with van der Waals surface area (Å²) in [5, 5.41) is 13.9. The molecular weight excluding hydrogens is 893 g/mol. The monoisotopic (exact) mass is 969 g/mol. The van der Waals surface area contributed by atoms with E-state index in [2.05, 4.69) is 34.9 Å². The lowest BCUT2D eigenvalue weighted by atomic mass is 9.98. The number of alkyl carbamates (subject to hydrolysis) is 1. The minimum atomic E-state index is -0.987. The summed E-state index contributed by atoms with van der Waals surface area (Å²) in [6, 6.07) is 16.5. The van der Waals surface area contributed by atoms with Gasteiger partial charge in [-0.2, -0.15) is 0 Å². The molecular formula is C48H76N2O18.